The number of pyridine rings is 2. The maximum Gasteiger partial charge on any atom is 0.416 e. The summed E-state index contributed by atoms with van der Waals surface area (Å²) < 4.78 is 48.7. The van der Waals surface area contributed by atoms with E-state index >= 15 is 0 Å². The third kappa shape index (κ3) is 6.44. The Morgan fingerprint density at radius 1 is 1.05 bits per heavy atom. The number of nitrogens with one attached hydrogen (secondary N) is 1. The molecule has 8 nitrogen and oxygen atoms in total. The zero-order valence-electron chi connectivity index (χ0n) is 25.0. The summed E-state index contributed by atoms with van der Waals surface area (Å²) >= 11 is 0. The number of amides is 1. The van der Waals surface area contributed by atoms with Gasteiger partial charge in [-0.3, -0.25) is 14.7 Å². The first-order valence-corrected chi connectivity index (χ1v) is 15.2. The van der Waals surface area contributed by atoms with E-state index in [4.69, 9.17) is 9.72 Å². The number of ether oxygens (including phenoxy) is 1. The average Bonchev–Trinajstić information content (AvgIpc) is 3.51. The first-order valence-electron chi connectivity index (χ1n) is 15.2. The highest BCUT2D eigenvalue weighted by Crippen LogP contribution is 2.36. The number of nitrogens with zero attached hydrogens (tertiary/aromatic N) is 5. The summed E-state index contributed by atoms with van der Waals surface area (Å²) in [7, 11) is 0. The third-order valence-corrected chi connectivity index (χ3v) is 8.80. The van der Waals surface area contributed by atoms with Gasteiger partial charge >= 0.3 is 6.18 Å². The molecule has 2 aliphatic heterocycles. The Labute approximate surface area is 254 Å². The molecule has 4 aromatic rings. The number of hydrogen-bond donors (Lipinski definition) is 1. The molecule has 5 heterocycles. The number of fused-ring (bicyclic) bond motifs is 2. The number of piperazine rings is 1. The summed E-state index contributed by atoms with van der Waals surface area (Å²) in [5, 5.41) is 0.844. The molecule has 2 aliphatic rings. The Hall–Kier alpha value is -3.96. The van der Waals surface area contributed by atoms with Gasteiger partial charge in [0.25, 0.3) is 0 Å². The van der Waals surface area contributed by atoms with Gasteiger partial charge in [0.05, 0.1) is 29.3 Å². The number of hydrogen-bond acceptors (Lipinski definition) is 6. The van der Waals surface area contributed by atoms with E-state index in [1.165, 1.54) is 0 Å². The molecule has 0 radical (unpaired) electrons. The lowest BCUT2D eigenvalue weighted by molar-refractivity contribution is -0.139. The fourth-order valence-corrected chi connectivity index (χ4v) is 6.26. The predicted octanol–water partition coefficient (Wildman–Crippen LogP) is 5.99. The molecule has 6 rings (SSSR count). The Balaban J connectivity index is 1.17. The van der Waals surface area contributed by atoms with Crippen LogP contribution in [0.2, 0.25) is 0 Å². The van der Waals surface area contributed by atoms with E-state index in [1.54, 1.807) is 41.7 Å². The number of aromatic amines is 1. The lowest BCUT2D eigenvalue weighted by Crippen LogP contribution is -2.45. The van der Waals surface area contributed by atoms with E-state index in [0.717, 1.165) is 61.9 Å². The minimum Gasteiger partial charge on any atom is -0.455 e. The van der Waals surface area contributed by atoms with Crippen molar-refractivity contribution in [3.05, 3.63) is 82.9 Å². The van der Waals surface area contributed by atoms with Gasteiger partial charge in [-0.2, -0.15) is 13.2 Å². The van der Waals surface area contributed by atoms with Crippen molar-refractivity contribution in [1.29, 1.82) is 0 Å². The summed E-state index contributed by atoms with van der Waals surface area (Å²) in [6.07, 6.45) is 1.33. The number of carbonyl (C=O) groups is 1. The number of rotatable bonds is 8. The van der Waals surface area contributed by atoms with E-state index < -0.39 is 11.7 Å². The number of carbonyl (C=O) groups excluding carboxylic acids is 1. The molecule has 1 N–H and O–H groups in total. The summed E-state index contributed by atoms with van der Waals surface area (Å²) in [5.74, 6) is 1.000. The summed E-state index contributed by atoms with van der Waals surface area (Å²) in [4.78, 5) is 31.7. The SMILES string of the molecule is CC[C@H]1CN(C(=O)Cc2ccc(CN3CCN(CC)CC3)c(C(F)(F)F)c2)Cc2cc(Oc3ccnc4[nH]ccc34)cnc21. The van der Waals surface area contributed by atoms with Gasteiger partial charge in [-0.1, -0.05) is 26.0 Å². The zero-order valence-corrected chi connectivity index (χ0v) is 25.0. The molecular weight excluding hydrogens is 569 g/mol. The van der Waals surface area contributed by atoms with E-state index in [1.807, 2.05) is 19.1 Å². The van der Waals surface area contributed by atoms with Crippen molar-refractivity contribution in [3.63, 3.8) is 0 Å². The number of aromatic nitrogens is 3. The molecular formula is C33H37F3N6O2. The van der Waals surface area contributed by atoms with Crippen LogP contribution in [0.3, 0.4) is 0 Å². The Morgan fingerprint density at radius 2 is 1.84 bits per heavy atom. The highest BCUT2D eigenvalue weighted by Gasteiger charge is 2.35. The molecule has 11 heteroatoms. The van der Waals surface area contributed by atoms with Gasteiger partial charge < -0.3 is 19.5 Å². The topological polar surface area (TPSA) is 77.6 Å². The molecule has 0 saturated carbocycles. The number of H-pyrrole nitrogens is 1. The molecule has 1 aromatic carbocycles. The zero-order chi connectivity index (χ0) is 30.8. The first kappa shape index (κ1) is 30.1. The molecule has 1 fully saturated rings. The summed E-state index contributed by atoms with van der Waals surface area (Å²) in [6, 6.07) is 9.96. The van der Waals surface area contributed by atoms with Crippen molar-refractivity contribution >= 4 is 16.9 Å². The minimum atomic E-state index is -4.50. The van der Waals surface area contributed by atoms with Crippen LogP contribution in [-0.4, -0.2) is 74.8 Å². The Bertz CT molecular complexity index is 1630. The monoisotopic (exact) mass is 606 g/mol. The van der Waals surface area contributed by atoms with E-state index in [2.05, 4.69) is 26.7 Å². The second-order valence-corrected chi connectivity index (χ2v) is 11.6. The van der Waals surface area contributed by atoms with Crippen LogP contribution in [0, 0.1) is 0 Å². The average molecular weight is 607 g/mol. The second kappa shape index (κ2) is 12.6. The van der Waals surface area contributed by atoms with Crippen molar-refractivity contribution in [2.45, 2.75) is 51.9 Å². The Morgan fingerprint density at radius 3 is 2.59 bits per heavy atom. The fourth-order valence-electron chi connectivity index (χ4n) is 6.26. The van der Waals surface area contributed by atoms with Gasteiger partial charge in [0.15, 0.2) is 0 Å². The van der Waals surface area contributed by atoms with Crippen LogP contribution >= 0.6 is 0 Å². The highest BCUT2D eigenvalue weighted by molar-refractivity contribution is 5.82. The largest absolute Gasteiger partial charge is 0.455 e. The highest BCUT2D eigenvalue weighted by atomic mass is 19.4. The van der Waals surface area contributed by atoms with Crippen LogP contribution in [0.5, 0.6) is 11.5 Å². The predicted molar refractivity (Wildman–Crippen MR) is 161 cm³/mol. The maximum absolute atomic E-state index is 14.2. The molecule has 0 spiro atoms. The lowest BCUT2D eigenvalue weighted by Gasteiger charge is -2.34. The van der Waals surface area contributed by atoms with Crippen LogP contribution in [-0.2, 0) is 30.5 Å². The van der Waals surface area contributed by atoms with E-state index in [9.17, 15) is 18.0 Å². The third-order valence-electron chi connectivity index (χ3n) is 8.80. The van der Waals surface area contributed by atoms with E-state index in [-0.39, 0.29) is 30.4 Å². The molecule has 3 aromatic heterocycles. The standard InChI is InChI=1S/C33H37F3N6O2/c1-3-23-20-42(21-25-17-26(18-39-31(23)25)44-29-8-10-38-32-27(29)7-9-37-32)30(43)16-22-5-6-24(28(15-22)33(34,35)36)19-41-13-11-40(4-2)12-14-41/h5-10,15,17-18,23H,3-4,11-14,16,19-21H2,1-2H3,(H,37,38)/t23-/m0/s1. The minimum absolute atomic E-state index is 0.0235. The first-order chi connectivity index (χ1) is 21.2. The van der Waals surface area contributed by atoms with E-state index in [0.29, 0.717) is 35.8 Å². The van der Waals surface area contributed by atoms with Gasteiger partial charge in [-0.15, -0.1) is 0 Å². The second-order valence-electron chi connectivity index (χ2n) is 11.6. The number of alkyl halides is 3. The van der Waals surface area contributed by atoms with Crippen LogP contribution in [0.4, 0.5) is 13.2 Å². The normalized spacial score (nSPS) is 18.0. The molecule has 44 heavy (non-hydrogen) atoms. The molecule has 232 valence electrons. The summed E-state index contributed by atoms with van der Waals surface area (Å²) in [5.41, 5.74) is 2.48. The molecule has 0 aliphatic carbocycles. The van der Waals surface area contributed by atoms with Crippen molar-refractivity contribution in [2.24, 2.45) is 0 Å². The number of likely N-dealkylation sites (N-methyl/N-ethyl adjacent to an activating group) is 1. The fraction of sp³-hybridized carbons (Fsp3) is 0.424. The maximum atomic E-state index is 14.2. The number of halogens is 3. The Kier molecular flexibility index (Phi) is 8.59. The quantitative estimate of drug-likeness (QED) is 0.266. The molecule has 1 saturated heterocycles. The molecule has 1 amide bonds. The van der Waals surface area contributed by atoms with Crippen molar-refractivity contribution < 1.29 is 22.7 Å². The lowest BCUT2D eigenvalue weighted by atomic mass is 9.92. The van der Waals surface area contributed by atoms with Crippen molar-refractivity contribution in [2.75, 3.05) is 39.3 Å². The van der Waals surface area contributed by atoms with Crippen molar-refractivity contribution in [1.82, 2.24) is 29.7 Å². The molecule has 0 unspecified atom stereocenters. The van der Waals surface area contributed by atoms with Crippen molar-refractivity contribution in [3.8, 4) is 11.5 Å². The van der Waals surface area contributed by atoms with Gasteiger partial charge in [0.1, 0.15) is 17.1 Å². The molecule has 0 bridgehead atoms. The van der Waals surface area contributed by atoms with Crippen LogP contribution in [0.15, 0.2) is 55.0 Å². The smallest absolute Gasteiger partial charge is 0.416 e. The van der Waals surface area contributed by atoms with Gasteiger partial charge in [0, 0.05) is 64.1 Å². The van der Waals surface area contributed by atoms with Gasteiger partial charge in [-0.05, 0) is 53.9 Å². The summed E-state index contributed by atoms with van der Waals surface area (Å²) in [6.45, 7) is 9.30. The van der Waals surface area contributed by atoms with Gasteiger partial charge in [0.2, 0.25) is 5.91 Å². The van der Waals surface area contributed by atoms with Crippen LogP contribution < -0.4 is 4.74 Å². The van der Waals surface area contributed by atoms with Gasteiger partial charge in [-0.25, -0.2) is 4.98 Å². The molecule has 1 atom stereocenters. The van der Waals surface area contributed by atoms with Crippen LogP contribution in [0.1, 0.15) is 54.1 Å². The van der Waals surface area contributed by atoms with Crippen LogP contribution in [0.25, 0.3) is 11.0 Å². The number of benzene rings is 1.